The van der Waals surface area contributed by atoms with Crippen molar-refractivity contribution >= 4 is 21.4 Å². The number of rotatable bonds is 6. The van der Waals surface area contributed by atoms with Crippen molar-refractivity contribution < 1.29 is 8.42 Å². The van der Waals surface area contributed by atoms with Gasteiger partial charge in [0, 0.05) is 29.2 Å². The van der Waals surface area contributed by atoms with Gasteiger partial charge in [-0.25, -0.2) is 18.1 Å². The van der Waals surface area contributed by atoms with Gasteiger partial charge in [-0.15, -0.1) is 11.3 Å². The van der Waals surface area contributed by atoms with Gasteiger partial charge < -0.3 is 5.32 Å². The topological polar surface area (TPSA) is 71.1 Å². The summed E-state index contributed by atoms with van der Waals surface area (Å²) in [6.45, 7) is 4.18. The average Bonchev–Trinajstić information content (AvgIpc) is 2.91. The van der Waals surface area contributed by atoms with E-state index in [0.717, 1.165) is 16.3 Å². The maximum atomic E-state index is 12.3. The summed E-state index contributed by atoms with van der Waals surface area (Å²) in [6.07, 6.45) is 0. The summed E-state index contributed by atoms with van der Waals surface area (Å²) in [5, 5.41) is 5.77. The first-order valence-corrected chi connectivity index (χ1v) is 8.98. The van der Waals surface area contributed by atoms with Gasteiger partial charge >= 0.3 is 0 Å². The third-order valence-electron chi connectivity index (χ3n) is 3.08. The minimum atomic E-state index is -3.50. The lowest BCUT2D eigenvalue weighted by molar-refractivity contribution is 0.554. The summed E-state index contributed by atoms with van der Waals surface area (Å²) in [5.41, 5.74) is 1.75. The molecule has 0 saturated carbocycles. The van der Waals surface area contributed by atoms with E-state index in [4.69, 9.17) is 0 Å². The van der Waals surface area contributed by atoms with E-state index in [0.29, 0.717) is 6.54 Å². The van der Waals surface area contributed by atoms with Gasteiger partial charge in [0.2, 0.25) is 10.0 Å². The molecule has 1 aromatic heterocycles. The number of hydrogen-bond acceptors (Lipinski definition) is 5. The van der Waals surface area contributed by atoms with Crippen LogP contribution >= 0.6 is 11.3 Å². The fourth-order valence-corrected chi connectivity index (χ4v) is 3.67. The Morgan fingerprint density at radius 2 is 2.14 bits per heavy atom. The van der Waals surface area contributed by atoms with Crippen LogP contribution in [0.15, 0.2) is 34.5 Å². The van der Waals surface area contributed by atoms with Crippen molar-refractivity contribution in [1.82, 2.24) is 15.0 Å². The molecule has 0 aliphatic carbocycles. The SMILES string of the molecule is CNC(C)CNS(=O)(=O)c1cccc(-c2nc(C)cs2)c1. The Morgan fingerprint density at radius 3 is 2.76 bits per heavy atom. The molecule has 1 atom stereocenters. The van der Waals surface area contributed by atoms with Gasteiger partial charge in [0.25, 0.3) is 0 Å². The molecule has 0 fully saturated rings. The Morgan fingerprint density at radius 1 is 1.38 bits per heavy atom. The van der Waals surface area contributed by atoms with E-state index in [1.165, 1.54) is 11.3 Å². The van der Waals surface area contributed by atoms with Crippen LogP contribution < -0.4 is 10.0 Å². The van der Waals surface area contributed by atoms with Crippen LogP contribution in [0.3, 0.4) is 0 Å². The lowest BCUT2D eigenvalue weighted by atomic mass is 10.2. The van der Waals surface area contributed by atoms with Crippen molar-refractivity contribution in [1.29, 1.82) is 0 Å². The third kappa shape index (κ3) is 4.10. The lowest BCUT2D eigenvalue weighted by Gasteiger charge is -2.12. The zero-order valence-corrected chi connectivity index (χ0v) is 13.9. The highest BCUT2D eigenvalue weighted by atomic mass is 32.2. The Labute approximate surface area is 129 Å². The second kappa shape index (κ2) is 6.65. The molecule has 7 heteroatoms. The van der Waals surface area contributed by atoms with Gasteiger partial charge in [-0.2, -0.15) is 0 Å². The van der Waals surface area contributed by atoms with Crippen LogP contribution in [0.1, 0.15) is 12.6 Å². The van der Waals surface area contributed by atoms with Gasteiger partial charge in [0.15, 0.2) is 0 Å². The molecule has 0 spiro atoms. The zero-order chi connectivity index (χ0) is 15.5. The molecule has 21 heavy (non-hydrogen) atoms. The maximum absolute atomic E-state index is 12.3. The standard InChI is InChI=1S/C14H19N3O2S2/c1-10(15-3)8-16-21(18,19)13-6-4-5-12(7-13)14-17-11(2)9-20-14/h4-7,9-10,15-16H,8H2,1-3H3. The fourth-order valence-electron chi connectivity index (χ4n) is 1.70. The van der Waals surface area contributed by atoms with Gasteiger partial charge in [0.05, 0.1) is 4.90 Å². The Kier molecular flexibility index (Phi) is 5.10. The van der Waals surface area contributed by atoms with Crippen molar-refractivity contribution in [3.63, 3.8) is 0 Å². The molecule has 0 bridgehead atoms. The van der Waals surface area contributed by atoms with Crippen molar-refractivity contribution in [2.75, 3.05) is 13.6 Å². The molecule has 1 heterocycles. The van der Waals surface area contributed by atoms with Crippen molar-refractivity contribution in [3.8, 4) is 10.6 Å². The number of aryl methyl sites for hydroxylation is 1. The fraction of sp³-hybridized carbons (Fsp3) is 0.357. The molecule has 5 nitrogen and oxygen atoms in total. The largest absolute Gasteiger partial charge is 0.316 e. The van der Waals surface area contributed by atoms with Gasteiger partial charge in [-0.1, -0.05) is 12.1 Å². The number of nitrogens with one attached hydrogen (secondary N) is 2. The maximum Gasteiger partial charge on any atom is 0.240 e. The second-order valence-electron chi connectivity index (χ2n) is 4.86. The molecule has 0 aliphatic heterocycles. The summed E-state index contributed by atoms with van der Waals surface area (Å²) < 4.78 is 27.2. The Balaban J connectivity index is 2.24. The monoisotopic (exact) mass is 325 g/mol. The number of nitrogens with zero attached hydrogens (tertiary/aromatic N) is 1. The molecule has 1 unspecified atom stereocenters. The molecule has 2 aromatic rings. The van der Waals surface area contributed by atoms with E-state index in [1.54, 1.807) is 25.2 Å². The normalized spacial score (nSPS) is 13.3. The quantitative estimate of drug-likeness (QED) is 0.852. The molecular formula is C14H19N3O2S2. The Hall–Kier alpha value is -1.28. The molecule has 0 amide bonds. The number of benzene rings is 1. The van der Waals surface area contributed by atoms with E-state index < -0.39 is 10.0 Å². The highest BCUT2D eigenvalue weighted by Gasteiger charge is 2.16. The first kappa shape index (κ1) is 16.1. The minimum absolute atomic E-state index is 0.0737. The number of likely N-dealkylation sites (N-methyl/N-ethyl adjacent to an activating group) is 1. The van der Waals surface area contributed by atoms with Gasteiger partial charge in [0.1, 0.15) is 5.01 Å². The molecule has 0 saturated heterocycles. The highest BCUT2D eigenvalue weighted by molar-refractivity contribution is 7.89. The molecule has 2 N–H and O–H groups in total. The van der Waals surface area contributed by atoms with Crippen molar-refractivity contribution in [3.05, 3.63) is 35.3 Å². The summed E-state index contributed by atoms with van der Waals surface area (Å²) in [7, 11) is -1.71. The number of hydrogen-bond donors (Lipinski definition) is 2. The van der Waals surface area contributed by atoms with Gasteiger partial charge in [-0.3, -0.25) is 0 Å². The summed E-state index contributed by atoms with van der Waals surface area (Å²) in [6, 6.07) is 6.93. The number of sulfonamides is 1. The molecular weight excluding hydrogens is 306 g/mol. The predicted molar refractivity (Wildman–Crippen MR) is 86.0 cm³/mol. The van der Waals surface area contributed by atoms with Crippen LogP contribution in [0, 0.1) is 6.92 Å². The number of thiazole rings is 1. The van der Waals surface area contributed by atoms with Crippen LogP contribution in [-0.2, 0) is 10.0 Å². The van der Waals surface area contributed by atoms with Crippen LogP contribution in [0.5, 0.6) is 0 Å². The van der Waals surface area contributed by atoms with E-state index in [9.17, 15) is 8.42 Å². The van der Waals surface area contributed by atoms with Gasteiger partial charge in [-0.05, 0) is 33.0 Å². The molecule has 2 rings (SSSR count). The van der Waals surface area contributed by atoms with Crippen molar-refractivity contribution in [2.45, 2.75) is 24.8 Å². The van der Waals surface area contributed by atoms with Crippen LogP contribution in [0.25, 0.3) is 10.6 Å². The summed E-state index contributed by atoms with van der Waals surface area (Å²) >= 11 is 1.51. The van der Waals surface area contributed by atoms with E-state index >= 15 is 0 Å². The van der Waals surface area contributed by atoms with Crippen LogP contribution in [-0.4, -0.2) is 33.0 Å². The molecule has 0 radical (unpaired) electrons. The summed E-state index contributed by atoms with van der Waals surface area (Å²) in [5.74, 6) is 0. The first-order valence-electron chi connectivity index (χ1n) is 6.62. The highest BCUT2D eigenvalue weighted by Crippen LogP contribution is 2.25. The van der Waals surface area contributed by atoms with Crippen molar-refractivity contribution in [2.24, 2.45) is 0 Å². The summed E-state index contributed by atoms with van der Waals surface area (Å²) in [4.78, 5) is 4.65. The first-order chi connectivity index (χ1) is 9.92. The second-order valence-corrected chi connectivity index (χ2v) is 7.49. The van der Waals surface area contributed by atoms with Crippen LogP contribution in [0.2, 0.25) is 0 Å². The lowest BCUT2D eigenvalue weighted by Crippen LogP contribution is -2.37. The Bertz CT molecular complexity index is 711. The number of aromatic nitrogens is 1. The zero-order valence-electron chi connectivity index (χ0n) is 12.3. The third-order valence-corrected chi connectivity index (χ3v) is 5.51. The predicted octanol–water partition coefficient (Wildman–Crippen LogP) is 2.00. The smallest absolute Gasteiger partial charge is 0.240 e. The molecule has 114 valence electrons. The van der Waals surface area contributed by atoms with E-state index in [1.807, 2.05) is 25.3 Å². The van der Waals surface area contributed by atoms with E-state index in [-0.39, 0.29) is 10.9 Å². The van der Waals surface area contributed by atoms with E-state index in [2.05, 4.69) is 15.0 Å². The van der Waals surface area contributed by atoms with Crippen LogP contribution in [0.4, 0.5) is 0 Å². The average molecular weight is 325 g/mol. The molecule has 0 aliphatic rings. The minimum Gasteiger partial charge on any atom is -0.316 e. The molecule has 1 aromatic carbocycles.